The van der Waals surface area contributed by atoms with Gasteiger partial charge in [0.25, 0.3) is 5.91 Å². The van der Waals surface area contributed by atoms with Gasteiger partial charge in [-0.2, -0.15) is 0 Å². The lowest BCUT2D eigenvalue weighted by Gasteiger charge is -2.37. The Labute approximate surface area is 188 Å². The summed E-state index contributed by atoms with van der Waals surface area (Å²) in [6.45, 7) is 3.90. The highest BCUT2D eigenvalue weighted by Gasteiger charge is 2.37. The number of aromatic nitrogens is 1. The van der Waals surface area contributed by atoms with Crippen molar-refractivity contribution >= 4 is 60.1 Å². The van der Waals surface area contributed by atoms with E-state index in [-0.39, 0.29) is 20.6 Å². The number of imide groups is 1. The maximum atomic E-state index is 12.8. The molecule has 0 aliphatic carbocycles. The number of urea groups is 1. The summed E-state index contributed by atoms with van der Waals surface area (Å²) in [7, 11) is -3.42. The smallest absolute Gasteiger partial charge is 0.301 e. The van der Waals surface area contributed by atoms with Crippen molar-refractivity contribution in [1.29, 1.82) is 0 Å². The second kappa shape index (κ2) is 8.54. The average molecular weight is 479 g/mol. The summed E-state index contributed by atoms with van der Waals surface area (Å²) in [6, 6.07) is 10.4. The molecular weight excluding hydrogens is 460 g/mol. The second-order valence-electron chi connectivity index (χ2n) is 7.06. The summed E-state index contributed by atoms with van der Waals surface area (Å²) in [5, 5.41) is 4.77. The molecular formula is C20H19ClN4O4S2. The van der Waals surface area contributed by atoms with Crippen LogP contribution in [0.5, 0.6) is 0 Å². The van der Waals surface area contributed by atoms with Gasteiger partial charge in [0.2, 0.25) is 0 Å². The highest BCUT2D eigenvalue weighted by molar-refractivity contribution is 7.92. The molecule has 31 heavy (non-hydrogen) atoms. The molecule has 0 atom stereocenters. The number of carbonyl (C=O) groups excluding carboxylic acids is 2. The zero-order valence-electron chi connectivity index (χ0n) is 16.5. The van der Waals surface area contributed by atoms with E-state index < -0.39 is 27.0 Å². The Bertz CT molecular complexity index is 1270. The molecule has 0 radical (unpaired) electrons. The summed E-state index contributed by atoms with van der Waals surface area (Å²) in [4.78, 5) is 31.0. The number of benzene rings is 2. The Morgan fingerprint density at radius 3 is 2.68 bits per heavy atom. The summed E-state index contributed by atoms with van der Waals surface area (Å²) in [5.74, 6) is -0.640. The minimum atomic E-state index is -3.42. The molecule has 1 aliphatic rings. The van der Waals surface area contributed by atoms with Crippen LogP contribution in [0, 0.1) is 0 Å². The fourth-order valence-corrected chi connectivity index (χ4v) is 6.18. The first-order chi connectivity index (χ1) is 14.8. The number of anilines is 1. The van der Waals surface area contributed by atoms with Crippen molar-refractivity contribution < 1.29 is 18.0 Å². The minimum absolute atomic E-state index is 0.177. The molecule has 1 fully saturated rings. The maximum absolute atomic E-state index is 12.8. The van der Waals surface area contributed by atoms with Crippen molar-refractivity contribution in [2.24, 2.45) is 0 Å². The number of amides is 3. The first kappa shape index (κ1) is 21.7. The third-order valence-corrected chi connectivity index (χ3v) is 8.41. The number of hydrogen-bond donors (Lipinski definition) is 2. The van der Waals surface area contributed by atoms with E-state index in [1.165, 1.54) is 12.1 Å². The molecule has 0 saturated carbocycles. The normalized spacial score (nSPS) is 14.9. The summed E-state index contributed by atoms with van der Waals surface area (Å²) >= 11 is 7.10. The highest BCUT2D eigenvalue weighted by atomic mass is 35.5. The molecule has 2 heterocycles. The maximum Gasteiger partial charge on any atom is 0.327 e. The molecule has 11 heteroatoms. The molecule has 162 valence electrons. The SMILES string of the molecule is CCN1CC(S(=O)(=O)c2ccc3nc(NC(=O)NC(=O)c4ccccc4Cl)sc3c2)C1. The van der Waals surface area contributed by atoms with Gasteiger partial charge in [-0.15, -0.1) is 0 Å². The number of thiazole rings is 1. The topological polar surface area (TPSA) is 108 Å². The fourth-order valence-electron chi connectivity index (χ4n) is 3.25. The minimum Gasteiger partial charge on any atom is -0.301 e. The van der Waals surface area contributed by atoms with Crippen LogP contribution in [-0.4, -0.2) is 55.1 Å². The lowest BCUT2D eigenvalue weighted by Crippen LogP contribution is -2.54. The molecule has 0 spiro atoms. The fraction of sp³-hybridized carbons (Fsp3) is 0.250. The van der Waals surface area contributed by atoms with Crippen molar-refractivity contribution in [1.82, 2.24) is 15.2 Å². The number of rotatable bonds is 5. The molecule has 0 unspecified atom stereocenters. The summed E-state index contributed by atoms with van der Waals surface area (Å²) in [6.07, 6.45) is 0. The number of fused-ring (bicyclic) bond motifs is 1. The number of halogens is 1. The first-order valence-electron chi connectivity index (χ1n) is 9.51. The molecule has 4 rings (SSSR count). The van der Waals surface area contributed by atoms with E-state index >= 15 is 0 Å². The Morgan fingerprint density at radius 1 is 1.23 bits per heavy atom. The zero-order valence-corrected chi connectivity index (χ0v) is 18.9. The Morgan fingerprint density at radius 2 is 1.97 bits per heavy atom. The van der Waals surface area contributed by atoms with Crippen LogP contribution >= 0.6 is 22.9 Å². The molecule has 1 aromatic heterocycles. The standard InChI is InChI=1S/C20H19ClN4O4S2/c1-2-25-10-13(11-25)31(28,29)12-7-8-16-17(9-12)30-20(22-16)24-19(27)23-18(26)14-5-3-4-6-15(14)21/h3-9,13H,2,10-11H2,1H3,(H2,22,23,24,26,27). The monoisotopic (exact) mass is 478 g/mol. The van der Waals surface area contributed by atoms with Gasteiger partial charge in [0.15, 0.2) is 15.0 Å². The van der Waals surface area contributed by atoms with Crippen LogP contribution in [0.4, 0.5) is 9.93 Å². The predicted molar refractivity (Wildman–Crippen MR) is 121 cm³/mol. The van der Waals surface area contributed by atoms with E-state index in [1.54, 1.807) is 30.3 Å². The van der Waals surface area contributed by atoms with Crippen LogP contribution in [0.15, 0.2) is 47.4 Å². The number of nitrogens with zero attached hydrogens (tertiary/aromatic N) is 2. The third kappa shape index (κ3) is 4.42. The number of carbonyl (C=O) groups is 2. The lowest BCUT2D eigenvalue weighted by molar-refractivity contribution is 0.0967. The third-order valence-electron chi connectivity index (χ3n) is 5.06. The van der Waals surface area contributed by atoms with Crippen molar-refractivity contribution in [3.8, 4) is 0 Å². The number of likely N-dealkylation sites (tertiary alicyclic amines) is 1. The van der Waals surface area contributed by atoms with Gasteiger partial charge in [0.05, 0.1) is 30.9 Å². The van der Waals surface area contributed by atoms with Gasteiger partial charge >= 0.3 is 6.03 Å². The molecule has 8 nitrogen and oxygen atoms in total. The molecule has 3 amide bonds. The van der Waals surface area contributed by atoms with Gasteiger partial charge in [0.1, 0.15) is 0 Å². The van der Waals surface area contributed by atoms with E-state index in [0.717, 1.165) is 17.9 Å². The summed E-state index contributed by atoms with van der Waals surface area (Å²) in [5.41, 5.74) is 0.733. The van der Waals surface area contributed by atoms with E-state index in [0.29, 0.717) is 23.3 Å². The van der Waals surface area contributed by atoms with E-state index in [2.05, 4.69) is 20.5 Å². The van der Waals surface area contributed by atoms with Gasteiger partial charge in [-0.1, -0.05) is 42.0 Å². The Hall–Kier alpha value is -2.53. The van der Waals surface area contributed by atoms with Crippen LogP contribution in [0.1, 0.15) is 17.3 Å². The Kier molecular flexibility index (Phi) is 5.98. The van der Waals surface area contributed by atoms with Gasteiger partial charge in [-0.3, -0.25) is 15.4 Å². The van der Waals surface area contributed by atoms with Crippen molar-refractivity contribution in [2.75, 3.05) is 25.0 Å². The zero-order chi connectivity index (χ0) is 22.2. The van der Waals surface area contributed by atoms with E-state index in [9.17, 15) is 18.0 Å². The predicted octanol–water partition coefficient (Wildman–Crippen LogP) is 3.39. The van der Waals surface area contributed by atoms with Crippen molar-refractivity contribution in [2.45, 2.75) is 17.1 Å². The largest absolute Gasteiger partial charge is 0.327 e. The quantitative estimate of drug-likeness (QED) is 0.581. The van der Waals surface area contributed by atoms with E-state index in [1.807, 2.05) is 6.92 Å². The van der Waals surface area contributed by atoms with E-state index in [4.69, 9.17) is 11.6 Å². The average Bonchev–Trinajstić information content (AvgIpc) is 3.08. The van der Waals surface area contributed by atoms with Crippen LogP contribution < -0.4 is 10.6 Å². The summed E-state index contributed by atoms with van der Waals surface area (Å²) < 4.78 is 26.3. The van der Waals surface area contributed by atoms with Crippen LogP contribution in [-0.2, 0) is 9.84 Å². The molecule has 2 aromatic carbocycles. The van der Waals surface area contributed by atoms with Crippen molar-refractivity contribution in [3.05, 3.63) is 53.1 Å². The van der Waals surface area contributed by atoms with Crippen LogP contribution in [0.25, 0.3) is 10.2 Å². The van der Waals surface area contributed by atoms with Gasteiger partial charge < -0.3 is 4.90 Å². The highest BCUT2D eigenvalue weighted by Crippen LogP contribution is 2.31. The second-order valence-corrected chi connectivity index (χ2v) is 10.7. The van der Waals surface area contributed by atoms with Gasteiger partial charge in [-0.25, -0.2) is 18.2 Å². The molecule has 0 bridgehead atoms. The number of sulfone groups is 1. The molecule has 1 saturated heterocycles. The van der Waals surface area contributed by atoms with Crippen LogP contribution in [0.2, 0.25) is 5.02 Å². The lowest BCUT2D eigenvalue weighted by atomic mass is 10.2. The van der Waals surface area contributed by atoms with Crippen molar-refractivity contribution in [3.63, 3.8) is 0 Å². The van der Waals surface area contributed by atoms with Gasteiger partial charge in [-0.05, 0) is 36.9 Å². The van der Waals surface area contributed by atoms with Crippen LogP contribution in [0.3, 0.4) is 0 Å². The molecule has 2 N–H and O–H groups in total. The first-order valence-corrected chi connectivity index (χ1v) is 12.3. The molecule has 1 aliphatic heterocycles. The van der Waals surface area contributed by atoms with Gasteiger partial charge in [0, 0.05) is 13.1 Å². The molecule has 3 aromatic rings. The number of hydrogen-bond acceptors (Lipinski definition) is 7. The number of nitrogens with one attached hydrogen (secondary N) is 2. The Balaban J connectivity index is 1.46.